The zero-order chi connectivity index (χ0) is 26.5. The van der Waals surface area contributed by atoms with Crippen molar-refractivity contribution in [3.63, 3.8) is 0 Å². The highest BCUT2D eigenvalue weighted by Crippen LogP contribution is 2.51. The second-order valence-electron chi connectivity index (χ2n) is 10.8. The van der Waals surface area contributed by atoms with Gasteiger partial charge < -0.3 is 5.32 Å². The monoisotopic (exact) mass is 531 g/mol. The van der Waals surface area contributed by atoms with Crippen molar-refractivity contribution >= 4 is 21.6 Å². The molecule has 0 atom stereocenters. The molecule has 1 N–H and O–H groups in total. The van der Waals surface area contributed by atoms with Gasteiger partial charge in [0.05, 0.1) is 39.1 Å². The number of benzene rings is 1. The van der Waals surface area contributed by atoms with Gasteiger partial charge in [-0.25, -0.2) is 28.2 Å². The number of carbonyl (C=O) groups is 1. The quantitative estimate of drug-likeness (QED) is 0.477. The standard InChI is InChI=1S/C29H33N5O3S/c1-3-38(36,37)22-10-6-20(7-11-22)16-30-28(35)34-17-29(14-4-5-15-29)27-24(34)13-12-23(33-27)25-19(2)31-18-32-26(25)21-8-9-21/h6-7,10-13,18,21H,3-5,8-9,14-17H2,1-2H3,(H,30,35). The molecule has 0 unspecified atom stereocenters. The minimum Gasteiger partial charge on any atom is -0.334 e. The van der Waals surface area contributed by atoms with E-state index >= 15 is 0 Å². The predicted molar refractivity (Wildman–Crippen MR) is 146 cm³/mol. The van der Waals surface area contributed by atoms with Gasteiger partial charge in [0, 0.05) is 30.0 Å². The average molecular weight is 532 g/mol. The number of rotatable bonds is 6. The van der Waals surface area contributed by atoms with Gasteiger partial charge in [-0.1, -0.05) is 31.9 Å². The van der Waals surface area contributed by atoms with Gasteiger partial charge in [0.2, 0.25) is 0 Å². The maximum atomic E-state index is 13.4. The molecule has 3 aromatic rings. The number of aromatic nitrogens is 3. The first-order valence-electron chi connectivity index (χ1n) is 13.5. The van der Waals surface area contributed by atoms with Gasteiger partial charge >= 0.3 is 6.03 Å². The maximum Gasteiger partial charge on any atom is 0.322 e. The number of hydrogen-bond donors (Lipinski definition) is 1. The van der Waals surface area contributed by atoms with Crippen molar-refractivity contribution in [3.8, 4) is 11.3 Å². The molecule has 0 saturated heterocycles. The van der Waals surface area contributed by atoms with Crippen LogP contribution in [-0.4, -0.2) is 41.7 Å². The molecule has 2 fully saturated rings. The van der Waals surface area contributed by atoms with Crippen molar-refractivity contribution < 1.29 is 13.2 Å². The van der Waals surface area contributed by atoms with Crippen LogP contribution in [0.5, 0.6) is 0 Å². The molecule has 0 radical (unpaired) electrons. The molecule has 1 aliphatic heterocycles. The first kappa shape index (κ1) is 25.0. The van der Waals surface area contributed by atoms with E-state index in [1.165, 1.54) is 0 Å². The minimum absolute atomic E-state index is 0.0632. The molecule has 2 aromatic heterocycles. The van der Waals surface area contributed by atoms with Crippen LogP contribution in [-0.2, 0) is 21.8 Å². The Morgan fingerprint density at radius 3 is 2.50 bits per heavy atom. The Labute approximate surface area is 223 Å². The number of sulfone groups is 1. The summed E-state index contributed by atoms with van der Waals surface area (Å²) < 4.78 is 24.2. The van der Waals surface area contributed by atoms with E-state index in [9.17, 15) is 13.2 Å². The van der Waals surface area contributed by atoms with E-state index in [2.05, 4.69) is 15.3 Å². The van der Waals surface area contributed by atoms with Gasteiger partial charge in [-0.3, -0.25) is 4.90 Å². The first-order chi connectivity index (χ1) is 18.3. The fraction of sp³-hybridized carbons (Fsp3) is 0.448. The fourth-order valence-electron chi connectivity index (χ4n) is 6.02. The van der Waals surface area contributed by atoms with Crippen LogP contribution in [0.1, 0.15) is 74.0 Å². The van der Waals surface area contributed by atoms with E-state index in [0.29, 0.717) is 23.9 Å². The van der Waals surface area contributed by atoms with Gasteiger partial charge in [-0.05, 0) is 62.4 Å². The van der Waals surface area contributed by atoms with Crippen LogP contribution in [0.15, 0.2) is 47.6 Å². The molecule has 2 aliphatic carbocycles. The number of anilines is 1. The zero-order valence-corrected chi connectivity index (χ0v) is 22.7. The summed E-state index contributed by atoms with van der Waals surface area (Å²) in [4.78, 5) is 29.9. The number of pyridine rings is 1. The van der Waals surface area contributed by atoms with E-state index in [0.717, 1.165) is 78.1 Å². The Hall–Kier alpha value is -3.33. The smallest absolute Gasteiger partial charge is 0.322 e. The number of aryl methyl sites for hydroxylation is 1. The molecule has 8 nitrogen and oxygen atoms in total. The lowest BCUT2D eigenvalue weighted by atomic mass is 9.84. The van der Waals surface area contributed by atoms with Crippen molar-refractivity contribution in [3.05, 3.63) is 65.4 Å². The Balaban J connectivity index is 1.27. The molecular formula is C29H33N5O3S. The van der Waals surface area contributed by atoms with Gasteiger partial charge in [-0.2, -0.15) is 0 Å². The van der Waals surface area contributed by atoms with Crippen LogP contribution in [0.3, 0.4) is 0 Å². The molecule has 2 amide bonds. The van der Waals surface area contributed by atoms with Crippen LogP contribution in [0, 0.1) is 6.92 Å². The molecule has 3 heterocycles. The summed E-state index contributed by atoms with van der Waals surface area (Å²) in [5.41, 5.74) is 6.60. The van der Waals surface area contributed by atoms with Crippen molar-refractivity contribution in [2.75, 3.05) is 17.2 Å². The van der Waals surface area contributed by atoms with Gasteiger partial charge in [0.1, 0.15) is 6.33 Å². The Morgan fingerprint density at radius 1 is 1.08 bits per heavy atom. The maximum absolute atomic E-state index is 13.4. The molecule has 9 heteroatoms. The molecule has 38 heavy (non-hydrogen) atoms. The molecule has 3 aliphatic rings. The minimum atomic E-state index is -3.25. The summed E-state index contributed by atoms with van der Waals surface area (Å²) in [6, 6.07) is 10.6. The summed E-state index contributed by atoms with van der Waals surface area (Å²) in [7, 11) is -3.25. The Morgan fingerprint density at radius 2 is 1.82 bits per heavy atom. The van der Waals surface area contributed by atoms with Crippen LogP contribution >= 0.6 is 0 Å². The SMILES string of the molecule is CCS(=O)(=O)c1ccc(CNC(=O)N2CC3(CCCC3)c3nc(-c4c(C)ncnc4C4CC4)ccc32)cc1. The number of fused-ring (bicyclic) bond motifs is 2. The molecule has 198 valence electrons. The van der Waals surface area contributed by atoms with E-state index in [1.54, 1.807) is 37.5 Å². The lowest BCUT2D eigenvalue weighted by Crippen LogP contribution is -2.41. The molecule has 2 saturated carbocycles. The largest absolute Gasteiger partial charge is 0.334 e. The zero-order valence-electron chi connectivity index (χ0n) is 21.9. The highest BCUT2D eigenvalue weighted by atomic mass is 32.2. The second-order valence-corrected chi connectivity index (χ2v) is 13.1. The van der Waals surface area contributed by atoms with Crippen LogP contribution in [0.4, 0.5) is 10.5 Å². The second kappa shape index (κ2) is 9.45. The Kier molecular flexibility index (Phi) is 6.21. The normalized spacial score (nSPS) is 18.1. The number of nitrogens with one attached hydrogen (secondary N) is 1. The van der Waals surface area contributed by atoms with Crippen LogP contribution in [0.2, 0.25) is 0 Å². The highest BCUT2D eigenvalue weighted by molar-refractivity contribution is 7.91. The lowest BCUT2D eigenvalue weighted by Gasteiger charge is -2.24. The van der Waals surface area contributed by atoms with Gasteiger partial charge in [0.15, 0.2) is 9.84 Å². The number of amides is 2. The highest BCUT2D eigenvalue weighted by Gasteiger charge is 2.48. The summed E-state index contributed by atoms with van der Waals surface area (Å²) in [6.07, 6.45) is 8.28. The topological polar surface area (TPSA) is 105 Å². The van der Waals surface area contributed by atoms with Gasteiger partial charge in [0.25, 0.3) is 0 Å². The number of nitrogens with zero attached hydrogens (tertiary/aromatic N) is 4. The third-order valence-corrected chi connectivity index (χ3v) is 10.1. The average Bonchev–Trinajstić information content (AvgIpc) is 3.59. The Bertz CT molecular complexity index is 1490. The molecule has 0 bridgehead atoms. The number of hydrogen-bond acceptors (Lipinski definition) is 6. The van der Waals surface area contributed by atoms with E-state index in [1.807, 2.05) is 24.0 Å². The van der Waals surface area contributed by atoms with Crippen LogP contribution < -0.4 is 10.2 Å². The predicted octanol–water partition coefficient (Wildman–Crippen LogP) is 5.06. The lowest BCUT2D eigenvalue weighted by molar-refractivity contribution is 0.245. The number of urea groups is 1. The fourth-order valence-corrected chi connectivity index (χ4v) is 6.90. The van der Waals surface area contributed by atoms with Crippen molar-refractivity contribution in [1.82, 2.24) is 20.3 Å². The molecule has 1 spiro atoms. The van der Waals surface area contributed by atoms with E-state index in [4.69, 9.17) is 4.98 Å². The van der Waals surface area contributed by atoms with E-state index in [-0.39, 0.29) is 17.2 Å². The summed E-state index contributed by atoms with van der Waals surface area (Å²) in [5.74, 6) is 0.550. The van der Waals surface area contributed by atoms with Crippen molar-refractivity contribution in [2.24, 2.45) is 0 Å². The first-order valence-corrected chi connectivity index (χ1v) is 15.2. The molecule has 1 aromatic carbocycles. The summed E-state index contributed by atoms with van der Waals surface area (Å²) in [5, 5.41) is 3.04. The van der Waals surface area contributed by atoms with Crippen molar-refractivity contribution in [2.45, 2.75) is 75.1 Å². The summed E-state index contributed by atoms with van der Waals surface area (Å²) in [6.45, 7) is 4.60. The third kappa shape index (κ3) is 4.36. The molecule has 6 rings (SSSR count). The van der Waals surface area contributed by atoms with Gasteiger partial charge in [-0.15, -0.1) is 0 Å². The van der Waals surface area contributed by atoms with E-state index < -0.39 is 9.84 Å². The van der Waals surface area contributed by atoms with Crippen molar-refractivity contribution in [1.29, 1.82) is 0 Å². The van der Waals surface area contributed by atoms with Crippen LogP contribution in [0.25, 0.3) is 11.3 Å². The summed E-state index contributed by atoms with van der Waals surface area (Å²) >= 11 is 0. The third-order valence-electron chi connectivity index (χ3n) is 8.33. The number of carbonyl (C=O) groups excluding carboxylic acids is 1. The molecular weight excluding hydrogens is 498 g/mol.